The predicted molar refractivity (Wildman–Crippen MR) is 103 cm³/mol. The lowest BCUT2D eigenvalue weighted by molar-refractivity contribution is 1.16. The van der Waals surface area contributed by atoms with Crippen LogP contribution in [0.25, 0.3) is 33.3 Å². The quantitative estimate of drug-likeness (QED) is 0.320. The molecule has 0 aliphatic rings. The Kier molecular flexibility index (Phi) is 3.79. The molecule has 3 heteroatoms. The molecule has 0 spiro atoms. The maximum Gasteiger partial charge on any atom is 0.191 e. The summed E-state index contributed by atoms with van der Waals surface area (Å²) in [6.45, 7) is 0. The molecule has 1 heterocycles. The number of nitrogens with zero attached hydrogens (tertiary/aromatic N) is 2. The molecule has 0 bridgehead atoms. The molecular weight excluding hydrogens is 395 g/mol. The summed E-state index contributed by atoms with van der Waals surface area (Å²) in [5.74, 6) is 0. The van der Waals surface area contributed by atoms with Crippen LogP contribution < -0.4 is 0 Å². The highest BCUT2D eigenvalue weighted by Crippen LogP contribution is 2.28. The first kappa shape index (κ1) is 14.3. The van der Waals surface area contributed by atoms with Gasteiger partial charge in [-0.05, 0) is 17.2 Å². The van der Waals surface area contributed by atoms with Gasteiger partial charge in [-0.1, -0.05) is 72.8 Å². The van der Waals surface area contributed by atoms with Crippen molar-refractivity contribution in [2.75, 3.05) is 0 Å². The molecule has 1 aromatic heterocycles. The molecule has 0 fully saturated rings. The fraction of sp³-hybridized carbons (Fsp3) is 0. The van der Waals surface area contributed by atoms with Gasteiger partial charge in [0.05, 0.1) is 11.2 Å². The largest absolute Gasteiger partial charge is 0.223 e. The highest BCUT2D eigenvalue weighted by Gasteiger charge is 2.08. The Labute approximate surface area is 148 Å². The molecule has 0 saturated heterocycles. The number of rotatable bonds is 2. The summed E-state index contributed by atoms with van der Waals surface area (Å²) in [6, 6.07) is 27.1. The van der Waals surface area contributed by atoms with E-state index in [1.807, 2.05) is 24.3 Å². The minimum atomic E-state index is 0.767. The third kappa shape index (κ3) is 2.84. The van der Waals surface area contributed by atoms with E-state index in [0.29, 0.717) is 0 Å². The van der Waals surface area contributed by atoms with Crippen LogP contribution in [0.15, 0.2) is 78.9 Å². The Morgan fingerprint density at radius 1 is 0.565 bits per heavy atom. The lowest BCUT2D eigenvalue weighted by Gasteiger charge is -2.08. The van der Waals surface area contributed by atoms with Crippen molar-refractivity contribution in [2.45, 2.75) is 0 Å². The van der Waals surface area contributed by atoms with Crippen molar-refractivity contribution in [2.24, 2.45) is 0 Å². The van der Waals surface area contributed by atoms with Crippen molar-refractivity contribution in [3.05, 3.63) is 82.7 Å². The molecule has 3 aromatic carbocycles. The van der Waals surface area contributed by atoms with Crippen LogP contribution in [0.4, 0.5) is 0 Å². The van der Waals surface area contributed by atoms with Crippen LogP contribution in [-0.4, -0.2) is 9.97 Å². The van der Waals surface area contributed by atoms with E-state index in [1.165, 1.54) is 11.1 Å². The first-order valence-electron chi connectivity index (χ1n) is 7.39. The van der Waals surface area contributed by atoms with E-state index in [-0.39, 0.29) is 0 Å². The molecule has 4 aromatic rings. The second-order valence-electron chi connectivity index (χ2n) is 5.30. The number of halogens is 1. The van der Waals surface area contributed by atoms with Crippen molar-refractivity contribution in [3.8, 4) is 22.4 Å². The highest BCUT2D eigenvalue weighted by molar-refractivity contribution is 14.1. The maximum absolute atomic E-state index is 4.65. The number of para-hydroxylation sites is 1. The topological polar surface area (TPSA) is 25.8 Å². The fourth-order valence-electron chi connectivity index (χ4n) is 2.72. The first-order valence-corrected chi connectivity index (χ1v) is 8.47. The summed E-state index contributed by atoms with van der Waals surface area (Å²) >= 11 is 2.17. The molecule has 0 unspecified atom stereocenters. The average Bonchev–Trinajstić information content (AvgIpc) is 2.62. The standard InChI is InChI=1S/C20H13IN2/c21-20-22-18-9-5-4-8-17(18)19(23-20)16-12-10-15(11-13-16)14-6-2-1-3-7-14/h1-13H. The third-order valence-corrected chi connectivity index (χ3v) is 4.32. The van der Waals surface area contributed by atoms with Crippen molar-refractivity contribution < 1.29 is 0 Å². The van der Waals surface area contributed by atoms with Crippen LogP contribution in [0.3, 0.4) is 0 Å². The van der Waals surface area contributed by atoms with Crippen molar-refractivity contribution in [1.82, 2.24) is 9.97 Å². The van der Waals surface area contributed by atoms with Gasteiger partial charge in [0.2, 0.25) is 0 Å². The zero-order chi connectivity index (χ0) is 15.6. The summed E-state index contributed by atoms with van der Waals surface area (Å²) < 4.78 is 0.767. The average molecular weight is 408 g/mol. The molecule has 23 heavy (non-hydrogen) atoms. The molecule has 110 valence electrons. The van der Waals surface area contributed by atoms with Gasteiger partial charge in [0.15, 0.2) is 3.83 Å². The second-order valence-corrected chi connectivity index (χ2v) is 6.27. The van der Waals surface area contributed by atoms with Crippen LogP contribution in [0.2, 0.25) is 0 Å². The van der Waals surface area contributed by atoms with Gasteiger partial charge in [-0.25, -0.2) is 9.97 Å². The molecule has 4 rings (SSSR count). The summed E-state index contributed by atoms with van der Waals surface area (Å²) in [5, 5.41) is 1.08. The zero-order valence-corrected chi connectivity index (χ0v) is 14.4. The Morgan fingerprint density at radius 3 is 1.96 bits per heavy atom. The summed E-state index contributed by atoms with van der Waals surface area (Å²) in [7, 11) is 0. The third-order valence-electron chi connectivity index (χ3n) is 3.84. The highest BCUT2D eigenvalue weighted by atomic mass is 127. The van der Waals surface area contributed by atoms with Crippen LogP contribution in [0, 0.1) is 3.83 Å². The molecule has 0 atom stereocenters. The maximum atomic E-state index is 4.65. The molecular formula is C20H13IN2. The zero-order valence-electron chi connectivity index (χ0n) is 12.3. The number of hydrogen-bond donors (Lipinski definition) is 0. The van der Waals surface area contributed by atoms with Crippen molar-refractivity contribution in [1.29, 1.82) is 0 Å². The minimum Gasteiger partial charge on any atom is -0.223 e. The molecule has 0 aliphatic carbocycles. The van der Waals surface area contributed by atoms with Gasteiger partial charge in [0.1, 0.15) is 0 Å². The van der Waals surface area contributed by atoms with E-state index in [2.05, 4.69) is 87.2 Å². The monoisotopic (exact) mass is 408 g/mol. The smallest absolute Gasteiger partial charge is 0.191 e. The molecule has 0 saturated carbocycles. The van der Waals surface area contributed by atoms with E-state index in [4.69, 9.17) is 0 Å². The summed E-state index contributed by atoms with van der Waals surface area (Å²) in [6.07, 6.45) is 0. The van der Waals surface area contributed by atoms with Crippen LogP contribution in [0.5, 0.6) is 0 Å². The SMILES string of the molecule is Ic1nc(-c2ccc(-c3ccccc3)cc2)c2ccccc2n1. The van der Waals surface area contributed by atoms with Crippen LogP contribution in [0.1, 0.15) is 0 Å². The molecule has 2 nitrogen and oxygen atoms in total. The number of fused-ring (bicyclic) bond motifs is 1. The number of benzene rings is 3. The summed E-state index contributed by atoms with van der Waals surface area (Å²) in [4.78, 5) is 9.15. The first-order chi connectivity index (χ1) is 11.3. The van der Waals surface area contributed by atoms with Crippen LogP contribution >= 0.6 is 22.6 Å². The normalized spacial score (nSPS) is 10.8. The number of hydrogen-bond acceptors (Lipinski definition) is 2. The molecule has 0 radical (unpaired) electrons. The Hall–Kier alpha value is -2.27. The summed E-state index contributed by atoms with van der Waals surface area (Å²) in [5.41, 5.74) is 5.51. The van der Waals surface area contributed by atoms with E-state index in [1.54, 1.807) is 0 Å². The van der Waals surface area contributed by atoms with Gasteiger partial charge in [-0.15, -0.1) is 0 Å². The lowest BCUT2D eigenvalue weighted by Crippen LogP contribution is -1.93. The molecule has 0 amide bonds. The Morgan fingerprint density at radius 2 is 1.17 bits per heavy atom. The van der Waals surface area contributed by atoms with Gasteiger partial charge in [-0.3, -0.25) is 0 Å². The van der Waals surface area contributed by atoms with Crippen LogP contribution in [-0.2, 0) is 0 Å². The minimum absolute atomic E-state index is 0.767. The van der Waals surface area contributed by atoms with E-state index in [9.17, 15) is 0 Å². The van der Waals surface area contributed by atoms with Crippen molar-refractivity contribution in [3.63, 3.8) is 0 Å². The lowest BCUT2D eigenvalue weighted by atomic mass is 10.0. The van der Waals surface area contributed by atoms with Gasteiger partial charge < -0.3 is 0 Å². The Balaban J connectivity index is 1.83. The van der Waals surface area contributed by atoms with E-state index >= 15 is 0 Å². The Bertz CT molecular complexity index is 964. The van der Waals surface area contributed by atoms with Gasteiger partial charge in [-0.2, -0.15) is 0 Å². The van der Waals surface area contributed by atoms with Gasteiger partial charge in [0, 0.05) is 33.5 Å². The number of aromatic nitrogens is 2. The fourth-order valence-corrected chi connectivity index (χ4v) is 3.22. The molecule has 0 aliphatic heterocycles. The second kappa shape index (κ2) is 6.08. The van der Waals surface area contributed by atoms with E-state index < -0.39 is 0 Å². The predicted octanol–water partition coefficient (Wildman–Crippen LogP) is 5.57. The molecule has 0 N–H and O–H groups in total. The van der Waals surface area contributed by atoms with E-state index in [0.717, 1.165) is 26.0 Å². The van der Waals surface area contributed by atoms with Gasteiger partial charge in [0.25, 0.3) is 0 Å². The van der Waals surface area contributed by atoms with Gasteiger partial charge >= 0.3 is 0 Å². The van der Waals surface area contributed by atoms with Crippen molar-refractivity contribution >= 4 is 33.5 Å².